The smallest absolute Gasteiger partial charge is 0.492 e. The second kappa shape index (κ2) is 10.9. The van der Waals surface area contributed by atoms with Crippen LogP contribution >= 0.6 is 0 Å². The molecule has 1 saturated heterocycles. The molecule has 5 rings (SSSR count). The van der Waals surface area contributed by atoms with Crippen molar-refractivity contribution in [2.24, 2.45) is 0 Å². The Bertz CT molecular complexity index is 1400. The summed E-state index contributed by atoms with van der Waals surface area (Å²) in [6.45, 7) is 8.17. The molecule has 0 bridgehead atoms. The van der Waals surface area contributed by atoms with Gasteiger partial charge < -0.3 is 24.1 Å². The zero-order valence-electron chi connectivity index (χ0n) is 23.5. The molecule has 2 aliphatic rings. The molecular weight excluding hydrogens is 505 g/mol. The number of methoxy groups -OCH3 is 1. The highest BCUT2D eigenvalue weighted by Gasteiger charge is 2.52. The summed E-state index contributed by atoms with van der Waals surface area (Å²) in [6.07, 6.45) is 2.04. The number of benzene rings is 3. The Kier molecular flexibility index (Phi) is 7.58. The maximum absolute atomic E-state index is 13.0. The lowest BCUT2D eigenvalue weighted by Crippen LogP contribution is -2.41. The van der Waals surface area contributed by atoms with E-state index < -0.39 is 24.4 Å². The molecule has 3 aromatic rings. The van der Waals surface area contributed by atoms with Crippen LogP contribution in [0.4, 0.5) is 4.79 Å². The van der Waals surface area contributed by atoms with Crippen molar-refractivity contribution >= 4 is 25.6 Å². The topological polar surface area (TPSA) is 83.1 Å². The van der Waals surface area contributed by atoms with Crippen molar-refractivity contribution in [3.8, 4) is 16.9 Å². The van der Waals surface area contributed by atoms with Gasteiger partial charge in [-0.1, -0.05) is 54.6 Å². The first-order valence-electron chi connectivity index (χ1n) is 13.4. The lowest BCUT2D eigenvalue weighted by atomic mass is 9.76. The number of amides is 1. The molecule has 1 heterocycles. The molecule has 1 amide bonds. The van der Waals surface area contributed by atoms with Gasteiger partial charge in [0, 0.05) is 18.0 Å². The number of rotatable bonds is 8. The fraction of sp³-hybridized carbons (Fsp3) is 0.312. The van der Waals surface area contributed by atoms with Gasteiger partial charge in [-0.25, -0.2) is 4.79 Å². The molecule has 8 heteroatoms. The maximum atomic E-state index is 13.0. The summed E-state index contributed by atoms with van der Waals surface area (Å²) in [5, 5.41) is 2.86. The van der Waals surface area contributed by atoms with Crippen LogP contribution in [-0.2, 0) is 14.0 Å². The van der Waals surface area contributed by atoms with Gasteiger partial charge in [0.2, 0.25) is 0 Å². The fourth-order valence-electron chi connectivity index (χ4n) is 5.13. The van der Waals surface area contributed by atoms with Gasteiger partial charge in [0.25, 0.3) is 0 Å². The normalized spacial score (nSPS) is 17.2. The Morgan fingerprint density at radius 1 is 0.925 bits per heavy atom. The van der Waals surface area contributed by atoms with Crippen LogP contribution in [0.2, 0.25) is 0 Å². The largest absolute Gasteiger partial charge is 0.497 e. The Labute approximate surface area is 235 Å². The third kappa shape index (κ3) is 5.29. The van der Waals surface area contributed by atoms with E-state index in [4.69, 9.17) is 18.8 Å². The highest BCUT2D eigenvalue weighted by Crippen LogP contribution is 2.44. The van der Waals surface area contributed by atoms with Crippen molar-refractivity contribution < 1.29 is 28.4 Å². The number of hydrogen-bond acceptors (Lipinski definition) is 6. The molecule has 3 aromatic carbocycles. The van der Waals surface area contributed by atoms with E-state index in [0.717, 1.165) is 17.4 Å². The van der Waals surface area contributed by atoms with Crippen LogP contribution in [0.5, 0.6) is 5.75 Å². The van der Waals surface area contributed by atoms with Crippen molar-refractivity contribution in [3.05, 3.63) is 94.5 Å². The monoisotopic (exact) mass is 539 g/mol. The molecule has 1 aliphatic heterocycles. The molecule has 7 nitrogen and oxygen atoms in total. The van der Waals surface area contributed by atoms with E-state index in [1.165, 1.54) is 11.1 Å². The molecule has 0 atom stereocenters. The van der Waals surface area contributed by atoms with Crippen LogP contribution in [0.3, 0.4) is 0 Å². The molecule has 1 N–H and O–H groups in total. The van der Waals surface area contributed by atoms with Gasteiger partial charge in [0.05, 0.1) is 18.3 Å². The number of carbonyl (C=O) groups is 2. The molecule has 0 spiro atoms. The lowest BCUT2D eigenvalue weighted by Gasteiger charge is -2.32. The highest BCUT2D eigenvalue weighted by atomic mass is 16.7. The summed E-state index contributed by atoms with van der Waals surface area (Å²) in [7, 11) is 0.835. The van der Waals surface area contributed by atoms with E-state index in [1.54, 1.807) is 31.4 Å². The molecule has 206 valence electrons. The second-order valence-corrected chi connectivity index (χ2v) is 11.1. The first-order valence-corrected chi connectivity index (χ1v) is 13.4. The number of nitrogens with one attached hydrogen (secondary N) is 1. The average molecular weight is 539 g/mol. The van der Waals surface area contributed by atoms with E-state index in [-0.39, 0.29) is 19.1 Å². The van der Waals surface area contributed by atoms with Crippen molar-refractivity contribution in [2.75, 3.05) is 20.3 Å². The van der Waals surface area contributed by atoms with Crippen LogP contribution < -0.4 is 10.1 Å². The standard InChI is InChI=1S/C32H34BNO6/c1-31(2)32(3,4)40-33(39-31)23(16-22-17-24(37-5)15-14-21(22)19-35)18-34-30(36)38-20-29-27-12-8-6-10-25(27)26-11-7-9-13-28(26)29/h6-17,19,29H,18,20H2,1-5H3,(H,34,36). The predicted octanol–water partition coefficient (Wildman–Crippen LogP) is 6.06. The SMILES string of the molecule is COc1ccc(C=O)c(C=C(CNC(=O)OCC2c3ccccc3-c3ccccc32)B2OC(C)(C)C(C)(C)O2)c1. The van der Waals surface area contributed by atoms with Crippen molar-refractivity contribution in [3.63, 3.8) is 0 Å². The van der Waals surface area contributed by atoms with Gasteiger partial charge in [-0.3, -0.25) is 4.79 Å². The molecule has 1 aliphatic carbocycles. The Hall–Kier alpha value is -3.88. The van der Waals surface area contributed by atoms with E-state index in [1.807, 2.05) is 52.0 Å². The minimum atomic E-state index is -0.732. The highest BCUT2D eigenvalue weighted by molar-refractivity contribution is 6.56. The minimum Gasteiger partial charge on any atom is -0.497 e. The summed E-state index contributed by atoms with van der Waals surface area (Å²) < 4.78 is 23.6. The van der Waals surface area contributed by atoms with Crippen LogP contribution in [0.15, 0.2) is 72.2 Å². The predicted molar refractivity (Wildman–Crippen MR) is 156 cm³/mol. The number of ether oxygens (including phenoxy) is 2. The molecular formula is C32H34BNO6. The van der Waals surface area contributed by atoms with Gasteiger partial charge >= 0.3 is 13.2 Å². The number of aldehydes is 1. The molecule has 0 radical (unpaired) electrons. The van der Waals surface area contributed by atoms with Crippen molar-refractivity contribution in [1.29, 1.82) is 0 Å². The van der Waals surface area contributed by atoms with Gasteiger partial charge in [0.1, 0.15) is 12.4 Å². The van der Waals surface area contributed by atoms with Gasteiger partial charge in [-0.2, -0.15) is 0 Å². The van der Waals surface area contributed by atoms with Gasteiger partial charge in [0.15, 0.2) is 6.29 Å². The molecule has 0 aromatic heterocycles. The summed E-state index contributed by atoms with van der Waals surface area (Å²) >= 11 is 0. The van der Waals surface area contributed by atoms with Crippen molar-refractivity contribution in [1.82, 2.24) is 5.32 Å². The van der Waals surface area contributed by atoms with Crippen LogP contribution in [-0.4, -0.2) is 51.0 Å². The van der Waals surface area contributed by atoms with Crippen LogP contribution in [0, 0.1) is 0 Å². The third-order valence-electron chi connectivity index (χ3n) is 8.10. The van der Waals surface area contributed by atoms with Gasteiger partial charge in [-0.05, 0) is 79.2 Å². The Morgan fingerprint density at radius 2 is 1.52 bits per heavy atom. The second-order valence-electron chi connectivity index (χ2n) is 11.1. The lowest BCUT2D eigenvalue weighted by molar-refractivity contribution is 0.00578. The van der Waals surface area contributed by atoms with Crippen LogP contribution in [0.25, 0.3) is 17.2 Å². The zero-order chi connectivity index (χ0) is 28.5. The number of carbonyl (C=O) groups excluding carboxylic acids is 2. The summed E-state index contributed by atoms with van der Waals surface area (Å²) in [6, 6.07) is 21.6. The summed E-state index contributed by atoms with van der Waals surface area (Å²) in [5.74, 6) is 0.567. The first kappa shape index (κ1) is 27.7. The number of alkyl carbamates (subject to hydrolysis) is 1. The zero-order valence-corrected chi connectivity index (χ0v) is 23.5. The molecule has 0 unspecified atom stereocenters. The summed E-state index contributed by atoms with van der Waals surface area (Å²) in [5.41, 5.74) is 5.23. The molecule has 0 saturated carbocycles. The average Bonchev–Trinajstić information content (AvgIpc) is 3.38. The quantitative estimate of drug-likeness (QED) is 0.277. The molecule has 1 fully saturated rings. The fourth-order valence-corrected chi connectivity index (χ4v) is 5.13. The van der Waals surface area contributed by atoms with Crippen LogP contribution in [0.1, 0.15) is 60.7 Å². The third-order valence-corrected chi connectivity index (χ3v) is 8.10. The Morgan fingerprint density at radius 3 is 2.10 bits per heavy atom. The maximum Gasteiger partial charge on any atom is 0.492 e. The van der Waals surface area contributed by atoms with E-state index in [0.29, 0.717) is 22.3 Å². The molecule has 40 heavy (non-hydrogen) atoms. The summed E-state index contributed by atoms with van der Waals surface area (Å²) in [4.78, 5) is 24.7. The number of hydrogen-bond donors (Lipinski definition) is 1. The van der Waals surface area contributed by atoms with E-state index in [9.17, 15) is 9.59 Å². The van der Waals surface area contributed by atoms with E-state index in [2.05, 4.69) is 29.6 Å². The van der Waals surface area contributed by atoms with E-state index >= 15 is 0 Å². The minimum absolute atomic E-state index is 0.0387. The van der Waals surface area contributed by atoms with Crippen molar-refractivity contribution in [2.45, 2.75) is 44.8 Å². The Balaban J connectivity index is 1.34. The first-order chi connectivity index (χ1) is 19.1. The van der Waals surface area contributed by atoms with Gasteiger partial charge in [-0.15, -0.1) is 0 Å². The number of fused-ring (bicyclic) bond motifs is 3.